The summed E-state index contributed by atoms with van der Waals surface area (Å²) in [5.74, 6) is -1.20. The van der Waals surface area contributed by atoms with E-state index in [-0.39, 0.29) is 24.0 Å². The molecule has 0 aliphatic rings. The van der Waals surface area contributed by atoms with E-state index in [1.54, 1.807) is 13.0 Å². The summed E-state index contributed by atoms with van der Waals surface area (Å²) < 4.78 is 9.60. The van der Waals surface area contributed by atoms with Crippen LogP contribution in [0.2, 0.25) is 0 Å². The van der Waals surface area contributed by atoms with Gasteiger partial charge in [-0.1, -0.05) is 5.16 Å². The maximum atomic E-state index is 11.8. The number of amides is 2. The van der Waals surface area contributed by atoms with Gasteiger partial charge in [0.1, 0.15) is 5.76 Å². The standard InChI is InChI=1S/C13H19N3O6S/c1-8-4-9(16-22-8)14-10(17)5-23-6-11(18)15-13(2,7-21-3)12(19)20/h4H,5-7H2,1-3H3,(H,15,18)(H,19,20)(H,14,16,17). The molecule has 0 spiro atoms. The van der Waals surface area contributed by atoms with Crippen molar-refractivity contribution in [1.82, 2.24) is 10.5 Å². The zero-order chi connectivity index (χ0) is 17.5. The Morgan fingerprint density at radius 1 is 1.39 bits per heavy atom. The molecule has 3 N–H and O–H groups in total. The Morgan fingerprint density at radius 3 is 2.57 bits per heavy atom. The largest absolute Gasteiger partial charge is 0.479 e. The lowest BCUT2D eigenvalue weighted by molar-refractivity contribution is -0.148. The lowest BCUT2D eigenvalue weighted by atomic mass is 10.0. The monoisotopic (exact) mass is 345 g/mol. The van der Waals surface area contributed by atoms with E-state index < -0.39 is 17.4 Å². The SMILES string of the molecule is COCC(C)(NC(=O)CSCC(=O)Nc1cc(C)on1)C(=O)O. The number of ether oxygens (including phenoxy) is 1. The molecule has 0 aliphatic heterocycles. The van der Waals surface area contributed by atoms with Crippen LogP contribution >= 0.6 is 11.8 Å². The minimum Gasteiger partial charge on any atom is -0.479 e. The number of carbonyl (C=O) groups excluding carboxylic acids is 2. The van der Waals surface area contributed by atoms with Gasteiger partial charge in [-0.2, -0.15) is 0 Å². The molecule has 0 saturated heterocycles. The lowest BCUT2D eigenvalue weighted by Crippen LogP contribution is -2.55. The van der Waals surface area contributed by atoms with Crippen LogP contribution in [0, 0.1) is 6.92 Å². The highest BCUT2D eigenvalue weighted by Crippen LogP contribution is 2.09. The molecule has 0 aliphatic carbocycles. The van der Waals surface area contributed by atoms with E-state index in [0.717, 1.165) is 11.8 Å². The van der Waals surface area contributed by atoms with E-state index in [4.69, 9.17) is 14.4 Å². The van der Waals surface area contributed by atoms with Gasteiger partial charge in [0.2, 0.25) is 11.8 Å². The smallest absolute Gasteiger partial charge is 0.331 e. The van der Waals surface area contributed by atoms with Crippen molar-refractivity contribution < 1.29 is 28.8 Å². The predicted octanol–water partition coefficient (Wildman–Crippen LogP) is 0.261. The van der Waals surface area contributed by atoms with Crippen molar-refractivity contribution in [3.05, 3.63) is 11.8 Å². The highest BCUT2D eigenvalue weighted by Gasteiger charge is 2.34. The maximum Gasteiger partial charge on any atom is 0.331 e. The minimum atomic E-state index is -1.51. The number of methoxy groups -OCH3 is 1. The first-order chi connectivity index (χ1) is 10.8. The summed E-state index contributed by atoms with van der Waals surface area (Å²) in [5.41, 5.74) is -1.51. The number of aliphatic carboxylic acids is 1. The molecular formula is C13H19N3O6S. The summed E-state index contributed by atoms with van der Waals surface area (Å²) in [6, 6.07) is 1.57. The van der Waals surface area contributed by atoms with Crippen molar-refractivity contribution in [2.75, 3.05) is 30.5 Å². The summed E-state index contributed by atoms with van der Waals surface area (Å²) >= 11 is 1.05. The molecule has 128 valence electrons. The Labute approximate surface area is 137 Å². The van der Waals surface area contributed by atoms with Gasteiger partial charge in [-0.05, 0) is 13.8 Å². The Kier molecular flexibility index (Phi) is 7.04. The summed E-state index contributed by atoms with van der Waals surface area (Å²) in [5, 5.41) is 17.6. The molecule has 1 atom stereocenters. The molecule has 0 saturated carbocycles. The van der Waals surface area contributed by atoms with Crippen LogP contribution < -0.4 is 10.6 Å². The molecular weight excluding hydrogens is 326 g/mol. The average molecular weight is 345 g/mol. The van der Waals surface area contributed by atoms with E-state index in [1.807, 2.05) is 0 Å². The van der Waals surface area contributed by atoms with Gasteiger partial charge in [0, 0.05) is 13.2 Å². The van der Waals surface area contributed by atoms with Crippen molar-refractivity contribution in [3.8, 4) is 0 Å². The molecule has 23 heavy (non-hydrogen) atoms. The molecule has 1 heterocycles. The van der Waals surface area contributed by atoms with Crippen LogP contribution in [0.5, 0.6) is 0 Å². The number of carboxylic acids is 1. The maximum absolute atomic E-state index is 11.8. The summed E-state index contributed by atoms with van der Waals surface area (Å²) in [4.78, 5) is 34.6. The van der Waals surface area contributed by atoms with Gasteiger partial charge >= 0.3 is 5.97 Å². The molecule has 1 aromatic heterocycles. The van der Waals surface area contributed by atoms with Crippen LogP contribution in [0.3, 0.4) is 0 Å². The van der Waals surface area contributed by atoms with E-state index in [1.165, 1.54) is 14.0 Å². The van der Waals surface area contributed by atoms with Crippen LogP contribution in [0.1, 0.15) is 12.7 Å². The fourth-order valence-corrected chi connectivity index (χ4v) is 2.24. The first kappa shape index (κ1) is 19.0. The molecule has 0 aromatic carbocycles. The van der Waals surface area contributed by atoms with Gasteiger partial charge in [-0.15, -0.1) is 11.8 Å². The number of nitrogens with one attached hydrogen (secondary N) is 2. The van der Waals surface area contributed by atoms with Crippen molar-refractivity contribution in [1.29, 1.82) is 0 Å². The first-order valence-electron chi connectivity index (χ1n) is 6.61. The molecule has 0 radical (unpaired) electrons. The Hall–Kier alpha value is -2.07. The number of carbonyl (C=O) groups is 3. The van der Waals surface area contributed by atoms with E-state index in [0.29, 0.717) is 11.6 Å². The third-order valence-electron chi connectivity index (χ3n) is 2.68. The molecule has 2 amide bonds. The Balaban J connectivity index is 2.35. The predicted molar refractivity (Wildman–Crippen MR) is 83.3 cm³/mol. The summed E-state index contributed by atoms with van der Waals surface area (Å²) in [7, 11) is 1.35. The fraction of sp³-hybridized carbons (Fsp3) is 0.538. The highest BCUT2D eigenvalue weighted by atomic mass is 32.2. The normalized spacial score (nSPS) is 13.2. The van der Waals surface area contributed by atoms with Crippen LogP contribution in [0.25, 0.3) is 0 Å². The van der Waals surface area contributed by atoms with Crippen LogP contribution in [0.4, 0.5) is 5.82 Å². The number of thioether (sulfide) groups is 1. The van der Waals surface area contributed by atoms with E-state index >= 15 is 0 Å². The molecule has 1 aromatic rings. The number of aryl methyl sites for hydroxylation is 1. The van der Waals surface area contributed by atoms with Crippen molar-refractivity contribution in [2.24, 2.45) is 0 Å². The van der Waals surface area contributed by atoms with Crippen molar-refractivity contribution >= 4 is 35.4 Å². The number of rotatable bonds is 9. The second kappa shape index (κ2) is 8.53. The number of hydrogen-bond acceptors (Lipinski definition) is 7. The molecule has 1 unspecified atom stereocenters. The first-order valence-corrected chi connectivity index (χ1v) is 7.76. The van der Waals surface area contributed by atoms with Crippen LogP contribution in [-0.4, -0.2) is 58.8 Å². The van der Waals surface area contributed by atoms with Crippen molar-refractivity contribution in [2.45, 2.75) is 19.4 Å². The van der Waals surface area contributed by atoms with Crippen LogP contribution in [0.15, 0.2) is 10.6 Å². The number of hydrogen-bond donors (Lipinski definition) is 3. The topological polar surface area (TPSA) is 131 Å². The molecule has 10 heteroatoms. The lowest BCUT2D eigenvalue weighted by Gasteiger charge is -2.25. The van der Waals surface area contributed by atoms with Gasteiger partial charge in [-0.25, -0.2) is 4.79 Å². The number of anilines is 1. The number of aromatic nitrogens is 1. The molecule has 0 fully saturated rings. The van der Waals surface area contributed by atoms with Crippen molar-refractivity contribution in [3.63, 3.8) is 0 Å². The fourth-order valence-electron chi connectivity index (χ4n) is 1.62. The van der Waals surface area contributed by atoms with Gasteiger partial charge in [0.05, 0.1) is 18.1 Å². The quantitative estimate of drug-likeness (QED) is 0.581. The Morgan fingerprint density at radius 2 is 2.04 bits per heavy atom. The van der Waals surface area contributed by atoms with Gasteiger partial charge in [-0.3, -0.25) is 9.59 Å². The minimum absolute atomic E-state index is 0.0212. The molecule has 9 nitrogen and oxygen atoms in total. The van der Waals surface area contributed by atoms with E-state index in [9.17, 15) is 14.4 Å². The van der Waals surface area contributed by atoms with Gasteiger partial charge < -0.3 is 25.0 Å². The Bertz CT molecular complexity index is 576. The zero-order valence-electron chi connectivity index (χ0n) is 13.0. The molecule has 0 bridgehead atoms. The highest BCUT2D eigenvalue weighted by molar-refractivity contribution is 8.00. The summed E-state index contributed by atoms with van der Waals surface area (Å²) in [6.07, 6.45) is 0. The van der Waals surface area contributed by atoms with Crippen LogP contribution in [-0.2, 0) is 19.1 Å². The third kappa shape index (κ3) is 6.28. The average Bonchev–Trinajstić information content (AvgIpc) is 2.83. The van der Waals surface area contributed by atoms with Gasteiger partial charge in [0.25, 0.3) is 0 Å². The number of nitrogens with zero attached hydrogens (tertiary/aromatic N) is 1. The summed E-state index contributed by atoms with van der Waals surface area (Å²) in [6.45, 7) is 2.88. The zero-order valence-corrected chi connectivity index (χ0v) is 13.9. The molecule has 1 rings (SSSR count). The van der Waals surface area contributed by atoms with Gasteiger partial charge in [0.15, 0.2) is 11.4 Å². The second-order valence-electron chi connectivity index (χ2n) is 4.98. The number of carboxylic acid groups (broad SMARTS) is 1. The van der Waals surface area contributed by atoms with E-state index in [2.05, 4.69) is 15.8 Å². The third-order valence-corrected chi connectivity index (χ3v) is 3.61. The second-order valence-corrected chi connectivity index (χ2v) is 5.97.